The summed E-state index contributed by atoms with van der Waals surface area (Å²) in [6, 6.07) is 2.05. The zero-order chi connectivity index (χ0) is 8.10. The molecular formula is C8H11NOS. The van der Waals surface area contributed by atoms with Crippen LogP contribution in [0.2, 0.25) is 0 Å². The Bertz CT molecular complexity index is 218. The van der Waals surface area contributed by atoms with E-state index in [0.29, 0.717) is 6.42 Å². The van der Waals surface area contributed by atoms with E-state index in [4.69, 9.17) is 0 Å². The number of hydrogen-bond acceptors (Lipinski definition) is 2. The van der Waals surface area contributed by atoms with Crippen LogP contribution >= 0.6 is 11.3 Å². The van der Waals surface area contributed by atoms with Crippen molar-refractivity contribution in [2.45, 2.75) is 12.8 Å². The van der Waals surface area contributed by atoms with Crippen molar-refractivity contribution < 1.29 is 4.79 Å². The Hall–Kier alpha value is -0.830. The summed E-state index contributed by atoms with van der Waals surface area (Å²) in [6.45, 7) is 0. The molecule has 0 saturated heterocycles. The zero-order valence-electron chi connectivity index (χ0n) is 6.46. The minimum atomic E-state index is 0.108. The van der Waals surface area contributed by atoms with E-state index in [1.807, 2.05) is 11.4 Å². The second-order valence-electron chi connectivity index (χ2n) is 2.30. The number of rotatable bonds is 3. The Morgan fingerprint density at radius 3 is 3.09 bits per heavy atom. The average Bonchev–Trinajstić information content (AvgIpc) is 2.52. The van der Waals surface area contributed by atoms with Gasteiger partial charge in [0.05, 0.1) is 0 Å². The number of hydrogen-bond donors (Lipinski definition) is 1. The maximum atomic E-state index is 10.8. The Balaban J connectivity index is 2.29. The molecule has 1 amide bonds. The molecule has 0 atom stereocenters. The predicted molar refractivity (Wildman–Crippen MR) is 46.7 cm³/mol. The number of thiophene rings is 1. The standard InChI is InChI=1S/C8H11NOS/c1-9-8(10)3-2-7-4-5-11-6-7/h4-6H,2-3H2,1H3,(H,9,10). The second-order valence-corrected chi connectivity index (χ2v) is 3.08. The van der Waals surface area contributed by atoms with Crippen molar-refractivity contribution in [2.75, 3.05) is 7.05 Å². The van der Waals surface area contributed by atoms with Gasteiger partial charge >= 0.3 is 0 Å². The van der Waals surface area contributed by atoms with Crippen LogP contribution in [0.3, 0.4) is 0 Å². The normalized spacial score (nSPS) is 9.55. The molecular weight excluding hydrogens is 158 g/mol. The van der Waals surface area contributed by atoms with Crippen LogP contribution in [0.5, 0.6) is 0 Å². The lowest BCUT2D eigenvalue weighted by Crippen LogP contribution is -2.17. The predicted octanol–water partition coefficient (Wildman–Crippen LogP) is 1.43. The van der Waals surface area contributed by atoms with Crippen molar-refractivity contribution in [1.29, 1.82) is 0 Å². The smallest absolute Gasteiger partial charge is 0.220 e. The average molecular weight is 169 g/mol. The summed E-state index contributed by atoms with van der Waals surface area (Å²) in [4.78, 5) is 10.8. The van der Waals surface area contributed by atoms with E-state index < -0.39 is 0 Å². The molecule has 0 aliphatic carbocycles. The quantitative estimate of drug-likeness (QED) is 0.728. The molecule has 1 N–H and O–H groups in total. The molecule has 1 heterocycles. The maximum Gasteiger partial charge on any atom is 0.220 e. The second kappa shape index (κ2) is 4.13. The summed E-state index contributed by atoms with van der Waals surface area (Å²) in [5.41, 5.74) is 1.25. The number of nitrogens with one attached hydrogen (secondary N) is 1. The Kier molecular flexibility index (Phi) is 3.11. The molecule has 0 fully saturated rings. The third-order valence-corrected chi connectivity index (χ3v) is 2.23. The van der Waals surface area contributed by atoms with Gasteiger partial charge in [0.15, 0.2) is 0 Å². The molecule has 60 valence electrons. The fourth-order valence-corrected chi connectivity index (χ4v) is 1.52. The van der Waals surface area contributed by atoms with Gasteiger partial charge in [-0.2, -0.15) is 11.3 Å². The van der Waals surface area contributed by atoms with Crippen molar-refractivity contribution in [3.8, 4) is 0 Å². The Labute approximate surface area is 70.2 Å². The molecule has 2 nitrogen and oxygen atoms in total. The first-order chi connectivity index (χ1) is 5.33. The lowest BCUT2D eigenvalue weighted by molar-refractivity contribution is -0.120. The van der Waals surface area contributed by atoms with E-state index in [9.17, 15) is 4.79 Å². The highest BCUT2D eigenvalue weighted by molar-refractivity contribution is 7.07. The third-order valence-electron chi connectivity index (χ3n) is 1.50. The largest absolute Gasteiger partial charge is 0.359 e. The van der Waals surface area contributed by atoms with Gasteiger partial charge in [0, 0.05) is 13.5 Å². The van der Waals surface area contributed by atoms with E-state index in [-0.39, 0.29) is 5.91 Å². The highest BCUT2D eigenvalue weighted by Gasteiger charge is 1.98. The van der Waals surface area contributed by atoms with E-state index in [0.717, 1.165) is 6.42 Å². The van der Waals surface area contributed by atoms with Gasteiger partial charge in [-0.1, -0.05) is 0 Å². The number of carbonyl (C=O) groups excluding carboxylic acids is 1. The van der Waals surface area contributed by atoms with Gasteiger partial charge in [0.25, 0.3) is 0 Å². The van der Waals surface area contributed by atoms with Crippen LogP contribution in [0.4, 0.5) is 0 Å². The van der Waals surface area contributed by atoms with Crippen molar-refractivity contribution >= 4 is 17.2 Å². The van der Waals surface area contributed by atoms with Crippen LogP contribution in [-0.2, 0) is 11.2 Å². The van der Waals surface area contributed by atoms with Crippen LogP contribution < -0.4 is 5.32 Å². The van der Waals surface area contributed by atoms with E-state index in [1.165, 1.54) is 5.56 Å². The zero-order valence-corrected chi connectivity index (χ0v) is 7.28. The Morgan fingerprint density at radius 2 is 2.55 bits per heavy atom. The summed E-state index contributed by atoms with van der Waals surface area (Å²) in [7, 11) is 1.66. The highest BCUT2D eigenvalue weighted by atomic mass is 32.1. The molecule has 0 bridgehead atoms. The molecule has 1 aromatic heterocycles. The van der Waals surface area contributed by atoms with E-state index >= 15 is 0 Å². The monoisotopic (exact) mass is 169 g/mol. The molecule has 0 spiro atoms. The first-order valence-electron chi connectivity index (χ1n) is 3.54. The van der Waals surface area contributed by atoms with Crippen molar-refractivity contribution in [2.24, 2.45) is 0 Å². The number of amides is 1. The summed E-state index contributed by atoms with van der Waals surface area (Å²) in [6.07, 6.45) is 1.44. The van der Waals surface area contributed by atoms with Crippen LogP contribution in [-0.4, -0.2) is 13.0 Å². The van der Waals surface area contributed by atoms with Crippen LogP contribution in [0.1, 0.15) is 12.0 Å². The summed E-state index contributed by atoms with van der Waals surface area (Å²) >= 11 is 1.67. The molecule has 11 heavy (non-hydrogen) atoms. The number of aryl methyl sites for hydroxylation is 1. The number of carbonyl (C=O) groups is 1. The van der Waals surface area contributed by atoms with Crippen molar-refractivity contribution in [3.05, 3.63) is 22.4 Å². The molecule has 0 radical (unpaired) electrons. The fourth-order valence-electron chi connectivity index (χ4n) is 0.818. The first kappa shape index (κ1) is 8.27. The van der Waals surface area contributed by atoms with E-state index in [1.54, 1.807) is 18.4 Å². The van der Waals surface area contributed by atoms with Crippen LogP contribution in [0, 0.1) is 0 Å². The molecule has 1 rings (SSSR count). The van der Waals surface area contributed by atoms with Gasteiger partial charge in [-0.3, -0.25) is 4.79 Å². The van der Waals surface area contributed by atoms with Crippen molar-refractivity contribution in [1.82, 2.24) is 5.32 Å². The fraction of sp³-hybridized carbons (Fsp3) is 0.375. The first-order valence-corrected chi connectivity index (χ1v) is 4.49. The molecule has 0 aliphatic heterocycles. The summed E-state index contributed by atoms with van der Waals surface area (Å²) < 4.78 is 0. The van der Waals surface area contributed by atoms with Gasteiger partial charge < -0.3 is 5.32 Å². The Morgan fingerprint density at radius 1 is 1.73 bits per heavy atom. The maximum absolute atomic E-state index is 10.8. The summed E-state index contributed by atoms with van der Waals surface area (Å²) in [5.74, 6) is 0.108. The molecule has 0 aliphatic rings. The lowest BCUT2D eigenvalue weighted by atomic mass is 10.2. The summed E-state index contributed by atoms with van der Waals surface area (Å²) in [5, 5.41) is 6.69. The molecule has 0 unspecified atom stereocenters. The molecule has 0 aromatic carbocycles. The van der Waals surface area contributed by atoms with Crippen LogP contribution in [0.25, 0.3) is 0 Å². The van der Waals surface area contributed by atoms with Gasteiger partial charge in [-0.15, -0.1) is 0 Å². The topological polar surface area (TPSA) is 29.1 Å². The minimum Gasteiger partial charge on any atom is -0.359 e. The molecule has 0 saturated carbocycles. The van der Waals surface area contributed by atoms with Gasteiger partial charge in [0.2, 0.25) is 5.91 Å². The van der Waals surface area contributed by atoms with Crippen molar-refractivity contribution in [3.63, 3.8) is 0 Å². The molecule has 3 heteroatoms. The van der Waals surface area contributed by atoms with Crippen LogP contribution in [0.15, 0.2) is 16.8 Å². The van der Waals surface area contributed by atoms with Gasteiger partial charge in [-0.05, 0) is 28.8 Å². The highest BCUT2D eigenvalue weighted by Crippen LogP contribution is 2.07. The SMILES string of the molecule is CNC(=O)CCc1ccsc1. The van der Waals surface area contributed by atoms with Gasteiger partial charge in [0.1, 0.15) is 0 Å². The minimum absolute atomic E-state index is 0.108. The lowest BCUT2D eigenvalue weighted by Gasteiger charge is -1.96. The molecule has 1 aromatic rings. The van der Waals surface area contributed by atoms with E-state index in [2.05, 4.69) is 10.7 Å². The van der Waals surface area contributed by atoms with Gasteiger partial charge in [-0.25, -0.2) is 0 Å². The third kappa shape index (κ3) is 2.72.